The number of esters is 1. The molecule has 1 unspecified atom stereocenters. The third kappa shape index (κ3) is 3.77. The quantitative estimate of drug-likeness (QED) is 0.435. The van der Waals surface area contributed by atoms with Crippen molar-refractivity contribution in [1.29, 1.82) is 0 Å². The molecule has 2 N–H and O–H groups in total. The minimum Gasteiger partial charge on any atom is -0.464 e. The molecule has 1 atom stereocenters. The first-order chi connectivity index (χ1) is 9.51. The highest BCUT2D eigenvalue weighted by atomic mass is 16.6. The van der Waals surface area contributed by atoms with Gasteiger partial charge in [-0.3, -0.25) is 10.1 Å². The van der Waals surface area contributed by atoms with Crippen molar-refractivity contribution in [1.82, 2.24) is 9.97 Å². The number of hydrogen-bond acceptors (Lipinski definition) is 8. The second-order valence-corrected chi connectivity index (χ2v) is 3.83. The van der Waals surface area contributed by atoms with E-state index in [4.69, 9.17) is 4.74 Å². The Morgan fingerprint density at radius 1 is 1.45 bits per heavy atom. The normalized spacial score (nSPS) is 11.6. The van der Waals surface area contributed by atoms with E-state index in [2.05, 4.69) is 20.6 Å². The van der Waals surface area contributed by atoms with Crippen molar-refractivity contribution in [2.45, 2.75) is 26.8 Å². The summed E-state index contributed by atoms with van der Waals surface area (Å²) in [6, 6.07) is -0.752. The number of ether oxygens (including phenoxy) is 1. The summed E-state index contributed by atoms with van der Waals surface area (Å²) in [5, 5.41) is 16.6. The summed E-state index contributed by atoms with van der Waals surface area (Å²) in [4.78, 5) is 29.7. The van der Waals surface area contributed by atoms with Crippen LogP contribution in [0.5, 0.6) is 0 Å². The van der Waals surface area contributed by atoms with Crippen LogP contribution in [0.2, 0.25) is 0 Å². The van der Waals surface area contributed by atoms with Gasteiger partial charge in [-0.1, -0.05) is 0 Å². The summed E-state index contributed by atoms with van der Waals surface area (Å²) in [6.45, 7) is 5.72. The topological polar surface area (TPSA) is 119 Å². The minimum atomic E-state index is -0.752. The number of anilines is 2. The third-order valence-corrected chi connectivity index (χ3v) is 2.34. The Labute approximate surface area is 115 Å². The molecular formula is C11H17N5O4. The molecule has 1 aromatic heterocycles. The first-order valence-electron chi connectivity index (χ1n) is 6.17. The second kappa shape index (κ2) is 7.22. The third-order valence-electron chi connectivity index (χ3n) is 2.34. The Balaban J connectivity index is 3.02. The van der Waals surface area contributed by atoms with Crippen LogP contribution in [-0.2, 0) is 9.53 Å². The molecule has 9 nitrogen and oxygen atoms in total. The van der Waals surface area contributed by atoms with Gasteiger partial charge in [-0.05, 0) is 20.8 Å². The standard InChI is InChI=1S/C11H17N5O4/c1-4-12-9-8(16(18)19)10(14-6-13-9)15-7(3)11(17)20-5-2/h6-7H,4-5H2,1-3H3,(H2,12,13,14,15). The van der Waals surface area contributed by atoms with Crippen LogP contribution in [-0.4, -0.2) is 40.1 Å². The molecule has 0 aliphatic rings. The van der Waals surface area contributed by atoms with Crippen molar-refractivity contribution in [2.75, 3.05) is 23.8 Å². The number of aromatic nitrogens is 2. The predicted octanol–water partition coefficient (Wildman–Crippen LogP) is 1.18. The molecule has 0 amide bonds. The Kier molecular flexibility index (Phi) is 5.63. The van der Waals surface area contributed by atoms with Crippen molar-refractivity contribution in [2.24, 2.45) is 0 Å². The molecule has 1 heterocycles. The van der Waals surface area contributed by atoms with Gasteiger partial charge in [0.2, 0.25) is 11.6 Å². The van der Waals surface area contributed by atoms with Gasteiger partial charge in [-0.2, -0.15) is 0 Å². The molecule has 0 fully saturated rings. The van der Waals surface area contributed by atoms with Gasteiger partial charge in [0.15, 0.2) is 0 Å². The lowest BCUT2D eigenvalue weighted by atomic mass is 10.3. The fraction of sp³-hybridized carbons (Fsp3) is 0.545. The molecule has 0 saturated carbocycles. The van der Waals surface area contributed by atoms with Crippen LogP contribution in [0.25, 0.3) is 0 Å². The summed E-state index contributed by atoms with van der Waals surface area (Å²) in [7, 11) is 0. The zero-order valence-electron chi connectivity index (χ0n) is 11.5. The summed E-state index contributed by atoms with van der Waals surface area (Å²) >= 11 is 0. The molecule has 9 heteroatoms. The minimum absolute atomic E-state index is 0.0264. The largest absolute Gasteiger partial charge is 0.464 e. The fourth-order valence-electron chi connectivity index (χ4n) is 1.49. The van der Waals surface area contributed by atoms with E-state index < -0.39 is 16.9 Å². The maximum Gasteiger partial charge on any atom is 0.353 e. The van der Waals surface area contributed by atoms with Crippen LogP contribution < -0.4 is 10.6 Å². The van der Waals surface area contributed by atoms with Crippen LogP contribution in [0, 0.1) is 10.1 Å². The molecule has 0 radical (unpaired) electrons. The van der Waals surface area contributed by atoms with Crippen LogP contribution in [0.4, 0.5) is 17.3 Å². The van der Waals surface area contributed by atoms with E-state index >= 15 is 0 Å². The monoisotopic (exact) mass is 283 g/mol. The number of nitrogens with zero attached hydrogens (tertiary/aromatic N) is 3. The molecule has 0 aromatic carbocycles. The average molecular weight is 283 g/mol. The number of carbonyl (C=O) groups excluding carboxylic acids is 1. The first kappa shape index (κ1) is 15.6. The van der Waals surface area contributed by atoms with Gasteiger partial charge >= 0.3 is 11.7 Å². The van der Waals surface area contributed by atoms with Gasteiger partial charge in [-0.15, -0.1) is 0 Å². The lowest BCUT2D eigenvalue weighted by Gasteiger charge is -2.14. The molecule has 20 heavy (non-hydrogen) atoms. The summed E-state index contributed by atoms with van der Waals surface area (Å²) in [5.74, 6) is -0.432. The number of hydrogen-bond donors (Lipinski definition) is 2. The second-order valence-electron chi connectivity index (χ2n) is 3.83. The molecule has 1 aromatic rings. The zero-order valence-corrected chi connectivity index (χ0v) is 11.5. The lowest BCUT2D eigenvalue weighted by molar-refractivity contribution is -0.383. The average Bonchev–Trinajstić information content (AvgIpc) is 2.39. The molecule has 0 aliphatic heterocycles. The maximum atomic E-state index is 11.5. The molecule has 110 valence electrons. The SMILES string of the molecule is CCNc1ncnc(NC(C)C(=O)OCC)c1[N+](=O)[O-]. The fourth-order valence-corrected chi connectivity index (χ4v) is 1.49. The van der Waals surface area contributed by atoms with Gasteiger partial charge in [0.25, 0.3) is 0 Å². The van der Waals surface area contributed by atoms with Gasteiger partial charge in [0.05, 0.1) is 11.5 Å². The highest BCUT2D eigenvalue weighted by molar-refractivity contribution is 5.80. The number of nitrogens with one attached hydrogen (secondary N) is 2. The Bertz CT molecular complexity index is 494. The summed E-state index contributed by atoms with van der Waals surface area (Å²) in [5.41, 5.74) is -0.300. The lowest BCUT2D eigenvalue weighted by Crippen LogP contribution is -2.29. The number of rotatable bonds is 7. The smallest absolute Gasteiger partial charge is 0.353 e. The Hall–Kier alpha value is -2.45. The molecule has 1 rings (SSSR count). The molecule has 0 bridgehead atoms. The van der Waals surface area contributed by atoms with E-state index in [-0.39, 0.29) is 23.9 Å². The van der Waals surface area contributed by atoms with Crippen molar-refractivity contribution in [3.8, 4) is 0 Å². The van der Waals surface area contributed by atoms with Crippen molar-refractivity contribution in [3.05, 3.63) is 16.4 Å². The Morgan fingerprint density at radius 3 is 2.65 bits per heavy atom. The van der Waals surface area contributed by atoms with Gasteiger partial charge in [0, 0.05) is 6.54 Å². The van der Waals surface area contributed by atoms with Crippen LogP contribution in [0.1, 0.15) is 20.8 Å². The van der Waals surface area contributed by atoms with E-state index in [1.807, 2.05) is 0 Å². The number of carbonyl (C=O) groups is 1. The molecular weight excluding hydrogens is 266 g/mol. The van der Waals surface area contributed by atoms with Crippen molar-refractivity contribution < 1.29 is 14.5 Å². The van der Waals surface area contributed by atoms with Gasteiger partial charge in [0.1, 0.15) is 12.4 Å². The molecule has 0 saturated heterocycles. The van der Waals surface area contributed by atoms with Crippen molar-refractivity contribution >= 4 is 23.3 Å². The van der Waals surface area contributed by atoms with Gasteiger partial charge < -0.3 is 15.4 Å². The van der Waals surface area contributed by atoms with Gasteiger partial charge in [-0.25, -0.2) is 14.8 Å². The van der Waals surface area contributed by atoms with E-state index in [1.54, 1.807) is 13.8 Å². The zero-order chi connectivity index (χ0) is 15.1. The number of nitro groups is 1. The predicted molar refractivity (Wildman–Crippen MR) is 72.6 cm³/mol. The summed E-state index contributed by atoms with van der Waals surface area (Å²) in [6.07, 6.45) is 1.19. The van der Waals surface area contributed by atoms with E-state index in [1.165, 1.54) is 13.3 Å². The highest BCUT2D eigenvalue weighted by Crippen LogP contribution is 2.29. The molecule has 0 spiro atoms. The van der Waals surface area contributed by atoms with E-state index in [0.29, 0.717) is 6.54 Å². The summed E-state index contributed by atoms with van der Waals surface area (Å²) < 4.78 is 4.82. The van der Waals surface area contributed by atoms with Crippen LogP contribution >= 0.6 is 0 Å². The maximum absolute atomic E-state index is 11.5. The Morgan fingerprint density at radius 2 is 2.10 bits per heavy atom. The van der Waals surface area contributed by atoms with Crippen LogP contribution in [0.3, 0.4) is 0 Å². The first-order valence-corrected chi connectivity index (χ1v) is 6.17. The molecule has 0 aliphatic carbocycles. The van der Waals surface area contributed by atoms with E-state index in [9.17, 15) is 14.9 Å². The highest BCUT2D eigenvalue weighted by Gasteiger charge is 2.25. The van der Waals surface area contributed by atoms with Crippen LogP contribution in [0.15, 0.2) is 6.33 Å². The van der Waals surface area contributed by atoms with E-state index in [0.717, 1.165) is 0 Å². The van der Waals surface area contributed by atoms with Crippen molar-refractivity contribution in [3.63, 3.8) is 0 Å².